The Hall–Kier alpha value is -3.02. The van der Waals surface area contributed by atoms with Crippen LogP contribution in [0, 0.1) is 0 Å². The second kappa shape index (κ2) is 13.7. The fraction of sp³-hybridized carbons (Fsp3) is 0.462. The van der Waals surface area contributed by atoms with Gasteiger partial charge in [0.25, 0.3) is 10.0 Å². The molecule has 0 bridgehead atoms. The second-order valence-electron chi connectivity index (χ2n) is 9.58. The average molecular weight is 570 g/mol. The van der Waals surface area contributed by atoms with Crippen LogP contribution in [0.1, 0.15) is 64.5 Å². The van der Waals surface area contributed by atoms with Gasteiger partial charge in [0, 0.05) is 22.6 Å². The molecule has 0 aliphatic rings. The number of rotatable bonds is 12. The number of nitrogens with one attached hydrogen (secondary N) is 3. The number of halogens is 1. The van der Waals surface area contributed by atoms with Crippen LogP contribution in [-0.4, -0.2) is 39.2 Å². The monoisotopic (exact) mass is 569 g/mol. The highest BCUT2D eigenvalue weighted by molar-refractivity contribution is 7.89. The first kappa shape index (κ1) is 31.2. The van der Waals surface area contributed by atoms with Crippen molar-refractivity contribution in [1.29, 1.82) is 0 Å². The number of hydrogen-bond donors (Lipinski definition) is 4. The summed E-state index contributed by atoms with van der Waals surface area (Å²) in [7, 11) is -2.57. The van der Waals surface area contributed by atoms with Crippen LogP contribution < -0.4 is 20.3 Å². The van der Waals surface area contributed by atoms with Crippen molar-refractivity contribution in [3.8, 4) is 11.5 Å². The number of anilines is 1. The molecule has 2 aromatic rings. The number of aromatic hydroxyl groups is 1. The summed E-state index contributed by atoms with van der Waals surface area (Å²) in [5.74, 6) is 0.0722. The molecule has 0 saturated carbocycles. The fourth-order valence-electron chi connectivity index (χ4n) is 3.74. The highest BCUT2D eigenvalue weighted by atomic mass is 35.5. The van der Waals surface area contributed by atoms with Crippen molar-refractivity contribution in [3.05, 3.63) is 46.5 Å². The lowest BCUT2D eigenvalue weighted by Crippen LogP contribution is -2.44. The molecule has 0 aromatic heterocycles. The van der Waals surface area contributed by atoms with E-state index in [1.165, 1.54) is 31.4 Å². The zero-order valence-corrected chi connectivity index (χ0v) is 23.9. The number of esters is 1. The normalized spacial score (nSPS) is 11.6. The molecule has 2 rings (SSSR count). The Bertz CT molecular complexity index is 1230. The number of sulfonamides is 1. The van der Waals surface area contributed by atoms with Crippen LogP contribution in [0.2, 0.25) is 5.02 Å². The molecule has 0 atom stereocenters. The summed E-state index contributed by atoms with van der Waals surface area (Å²) >= 11 is 5.81. The molecule has 0 heterocycles. The number of phenolic OH excluding ortho intramolecular Hbond substituents is 1. The van der Waals surface area contributed by atoms with Crippen molar-refractivity contribution in [2.75, 3.05) is 19.0 Å². The molecule has 0 aliphatic carbocycles. The average Bonchev–Trinajstić information content (AvgIpc) is 2.84. The first-order chi connectivity index (χ1) is 17.8. The Morgan fingerprint density at radius 3 is 2.32 bits per heavy atom. The van der Waals surface area contributed by atoms with Gasteiger partial charge in [-0.2, -0.15) is 0 Å². The van der Waals surface area contributed by atoms with Gasteiger partial charge in [-0.05, 0) is 61.9 Å². The van der Waals surface area contributed by atoms with Gasteiger partial charge in [0.2, 0.25) is 0 Å². The van der Waals surface area contributed by atoms with Gasteiger partial charge in [-0.3, -0.25) is 10.2 Å². The van der Waals surface area contributed by atoms with E-state index in [1.807, 2.05) is 25.6 Å². The van der Waals surface area contributed by atoms with E-state index in [1.54, 1.807) is 13.0 Å². The third kappa shape index (κ3) is 8.78. The fourth-order valence-corrected chi connectivity index (χ4v) is 4.70. The van der Waals surface area contributed by atoms with Gasteiger partial charge in [0.15, 0.2) is 0 Å². The minimum absolute atomic E-state index is 0.0926. The molecule has 10 nitrogen and oxygen atoms in total. The molecule has 0 spiro atoms. The Morgan fingerprint density at radius 2 is 1.74 bits per heavy atom. The van der Waals surface area contributed by atoms with E-state index in [0.29, 0.717) is 60.6 Å². The molecule has 0 unspecified atom stereocenters. The smallest absolute Gasteiger partial charge is 0.334 e. The largest absolute Gasteiger partial charge is 0.505 e. The third-order valence-corrected chi connectivity index (χ3v) is 7.18. The van der Waals surface area contributed by atoms with Crippen LogP contribution in [-0.2, 0) is 31.4 Å². The lowest BCUT2D eigenvalue weighted by atomic mass is 9.84. The van der Waals surface area contributed by atoms with E-state index >= 15 is 0 Å². The number of hydrazine groups is 1. The quantitative estimate of drug-likeness (QED) is 0.121. The highest BCUT2D eigenvalue weighted by Crippen LogP contribution is 2.44. The van der Waals surface area contributed by atoms with E-state index < -0.39 is 21.5 Å². The first-order valence-corrected chi connectivity index (χ1v) is 14.1. The topological polar surface area (TPSA) is 143 Å². The maximum atomic E-state index is 12.7. The van der Waals surface area contributed by atoms with Crippen molar-refractivity contribution in [1.82, 2.24) is 10.3 Å². The van der Waals surface area contributed by atoms with Crippen LogP contribution in [0.3, 0.4) is 0 Å². The Kier molecular flexibility index (Phi) is 11.2. The summed E-state index contributed by atoms with van der Waals surface area (Å²) in [4.78, 5) is 26.3. The van der Waals surface area contributed by atoms with Gasteiger partial charge in [0.05, 0.1) is 24.3 Å². The second-order valence-corrected chi connectivity index (χ2v) is 11.7. The summed E-state index contributed by atoms with van der Waals surface area (Å²) in [5, 5.41) is 14.1. The van der Waals surface area contributed by atoms with Crippen molar-refractivity contribution >= 4 is 39.3 Å². The van der Waals surface area contributed by atoms with Crippen LogP contribution in [0.4, 0.5) is 10.5 Å². The summed E-state index contributed by atoms with van der Waals surface area (Å²) in [5.41, 5.74) is 2.82. The number of carbonyl (C=O) groups is 2. The number of benzene rings is 2. The Morgan fingerprint density at radius 1 is 1.08 bits per heavy atom. The number of phenols is 1. The van der Waals surface area contributed by atoms with Gasteiger partial charge < -0.3 is 19.9 Å². The lowest BCUT2D eigenvalue weighted by molar-refractivity contribution is -0.143. The SMILES string of the molecule is CCOC(=O)CCCCCc1c(OC)cc(C(C)(C)C)c(O)c1NC(=O)NNS(=O)(=O)c1ccc(Cl)cc1. The van der Waals surface area contributed by atoms with Crippen LogP contribution in [0.25, 0.3) is 0 Å². The third-order valence-electron chi connectivity index (χ3n) is 5.67. The predicted molar refractivity (Wildman–Crippen MR) is 146 cm³/mol. The summed E-state index contributed by atoms with van der Waals surface area (Å²) in [6, 6.07) is 6.25. The molecule has 0 radical (unpaired) electrons. The number of urea groups is 1. The molecule has 0 saturated heterocycles. The number of unbranched alkanes of at least 4 members (excludes halogenated alkanes) is 2. The van der Waals surface area contributed by atoms with Crippen LogP contribution >= 0.6 is 11.6 Å². The molecular formula is C26H36ClN3O7S. The Balaban J connectivity index is 2.24. The number of amides is 2. The van der Waals surface area contributed by atoms with Crippen molar-refractivity contribution in [2.45, 2.75) is 70.1 Å². The number of ether oxygens (including phenoxy) is 2. The van der Waals surface area contributed by atoms with Gasteiger partial charge >= 0.3 is 12.0 Å². The molecule has 0 aliphatic heterocycles. The van der Waals surface area contributed by atoms with E-state index in [0.717, 1.165) is 0 Å². The van der Waals surface area contributed by atoms with Gasteiger partial charge in [0.1, 0.15) is 11.5 Å². The maximum Gasteiger partial charge on any atom is 0.334 e. The summed E-state index contributed by atoms with van der Waals surface area (Å²) < 4.78 is 35.6. The minimum atomic E-state index is -4.07. The molecule has 210 valence electrons. The molecule has 2 amide bonds. The summed E-state index contributed by atoms with van der Waals surface area (Å²) in [6.07, 6.45) is 2.71. The minimum Gasteiger partial charge on any atom is -0.505 e. The Labute approximate surface area is 229 Å². The van der Waals surface area contributed by atoms with E-state index in [-0.39, 0.29) is 22.3 Å². The zero-order chi connectivity index (χ0) is 28.5. The number of hydrogen-bond acceptors (Lipinski definition) is 7. The molecule has 12 heteroatoms. The molecular weight excluding hydrogens is 534 g/mol. The first-order valence-electron chi connectivity index (χ1n) is 12.2. The van der Waals surface area contributed by atoms with Crippen molar-refractivity contribution < 1.29 is 32.6 Å². The van der Waals surface area contributed by atoms with Crippen LogP contribution in [0.5, 0.6) is 11.5 Å². The standard InChI is InChI=1S/C26H36ClN3O7S/c1-6-37-22(31)11-9-7-8-10-19-21(36-5)16-20(26(2,3)4)24(32)23(19)28-25(33)29-30-38(34,35)18-14-12-17(27)13-15-18/h12-16,30,32H,6-11H2,1-5H3,(H2,28,29,33). The predicted octanol–water partition coefficient (Wildman–Crippen LogP) is 5.03. The molecule has 38 heavy (non-hydrogen) atoms. The van der Waals surface area contributed by atoms with Crippen LogP contribution in [0.15, 0.2) is 35.2 Å². The van der Waals surface area contributed by atoms with Gasteiger partial charge in [-0.25, -0.2) is 13.2 Å². The highest BCUT2D eigenvalue weighted by Gasteiger charge is 2.27. The van der Waals surface area contributed by atoms with Crippen molar-refractivity contribution in [3.63, 3.8) is 0 Å². The van der Waals surface area contributed by atoms with Gasteiger partial charge in [-0.1, -0.05) is 38.8 Å². The van der Waals surface area contributed by atoms with Gasteiger partial charge in [-0.15, -0.1) is 4.83 Å². The van der Waals surface area contributed by atoms with Crippen molar-refractivity contribution in [2.24, 2.45) is 0 Å². The van der Waals surface area contributed by atoms with E-state index in [4.69, 9.17) is 21.1 Å². The maximum absolute atomic E-state index is 12.7. The lowest BCUT2D eigenvalue weighted by Gasteiger charge is -2.26. The number of methoxy groups -OCH3 is 1. The molecule has 0 fully saturated rings. The van der Waals surface area contributed by atoms with E-state index in [9.17, 15) is 23.1 Å². The van der Waals surface area contributed by atoms with E-state index in [2.05, 4.69) is 10.7 Å². The zero-order valence-electron chi connectivity index (χ0n) is 22.3. The summed E-state index contributed by atoms with van der Waals surface area (Å²) in [6.45, 7) is 7.80. The molecule has 4 N–H and O–H groups in total. The molecule has 2 aromatic carbocycles. The number of carbonyl (C=O) groups excluding carboxylic acids is 2.